The van der Waals surface area contributed by atoms with E-state index in [2.05, 4.69) is 6.08 Å². The van der Waals surface area contributed by atoms with Crippen LogP contribution in [-0.2, 0) is 9.47 Å². The van der Waals surface area contributed by atoms with E-state index in [0.29, 0.717) is 0 Å². The SMILES string of the molecule is CCOCC1=CC(C)OC1. The molecular formula is C8H14O2. The first-order chi connectivity index (χ1) is 4.83. The maximum atomic E-state index is 5.29. The van der Waals surface area contributed by atoms with E-state index in [1.54, 1.807) is 0 Å². The number of ether oxygens (including phenoxy) is 2. The smallest absolute Gasteiger partial charge is 0.0736 e. The monoisotopic (exact) mass is 142 g/mol. The second-order valence-corrected chi connectivity index (χ2v) is 2.48. The Morgan fingerprint density at radius 3 is 3.10 bits per heavy atom. The Morgan fingerprint density at radius 1 is 1.80 bits per heavy atom. The first kappa shape index (κ1) is 7.76. The lowest BCUT2D eigenvalue weighted by atomic mass is 10.3. The summed E-state index contributed by atoms with van der Waals surface area (Å²) < 4.78 is 10.5. The highest BCUT2D eigenvalue weighted by molar-refractivity contribution is 5.10. The van der Waals surface area contributed by atoms with Gasteiger partial charge in [-0.3, -0.25) is 0 Å². The van der Waals surface area contributed by atoms with Crippen LogP contribution in [0.3, 0.4) is 0 Å². The van der Waals surface area contributed by atoms with E-state index in [0.717, 1.165) is 19.8 Å². The molecule has 0 fully saturated rings. The molecular weight excluding hydrogens is 128 g/mol. The highest BCUT2D eigenvalue weighted by Gasteiger charge is 2.10. The molecule has 58 valence electrons. The molecule has 0 N–H and O–H groups in total. The van der Waals surface area contributed by atoms with Crippen molar-refractivity contribution in [1.82, 2.24) is 0 Å². The van der Waals surface area contributed by atoms with E-state index in [4.69, 9.17) is 9.47 Å². The lowest BCUT2D eigenvalue weighted by molar-refractivity contribution is 0.123. The predicted molar refractivity (Wildman–Crippen MR) is 40.0 cm³/mol. The maximum Gasteiger partial charge on any atom is 0.0736 e. The van der Waals surface area contributed by atoms with Crippen molar-refractivity contribution < 1.29 is 9.47 Å². The maximum absolute atomic E-state index is 5.29. The van der Waals surface area contributed by atoms with Crippen molar-refractivity contribution in [2.75, 3.05) is 19.8 Å². The molecule has 0 spiro atoms. The average molecular weight is 142 g/mol. The minimum Gasteiger partial charge on any atom is -0.377 e. The third-order valence-electron chi connectivity index (χ3n) is 1.49. The van der Waals surface area contributed by atoms with Crippen LogP contribution in [0.25, 0.3) is 0 Å². The van der Waals surface area contributed by atoms with Crippen LogP contribution in [0.2, 0.25) is 0 Å². The Labute approximate surface area is 61.8 Å². The molecule has 1 unspecified atom stereocenters. The molecule has 1 aliphatic rings. The number of hydrogen-bond acceptors (Lipinski definition) is 2. The average Bonchev–Trinajstić information content (AvgIpc) is 2.31. The topological polar surface area (TPSA) is 18.5 Å². The molecule has 0 aromatic heterocycles. The molecule has 0 saturated heterocycles. The van der Waals surface area contributed by atoms with Crippen molar-refractivity contribution in [1.29, 1.82) is 0 Å². The molecule has 0 radical (unpaired) electrons. The molecule has 0 aromatic carbocycles. The van der Waals surface area contributed by atoms with Crippen molar-refractivity contribution in [2.24, 2.45) is 0 Å². The van der Waals surface area contributed by atoms with E-state index in [9.17, 15) is 0 Å². The summed E-state index contributed by atoms with van der Waals surface area (Å²) in [4.78, 5) is 0. The fourth-order valence-electron chi connectivity index (χ4n) is 0.990. The molecule has 0 amide bonds. The summed E-state index contributed by atoms with van der Waals surface area (Å²) in [6.45, 7) is 6.31. The van der Waals surface area contributed by atoms with Gasteiger partial charge in [0.25, 0.3) is 0 Å². The van der Waals surface area contributed by atoms with Crippen molar-refractivity contribution >= 4 is 0 Å². The Balaban J connectivity index is 2.22. The highest BCUT2D eigenvalue weighted by atomic mass is 16.5. The predicted octanol–water partition coefficient (Wildman–Crippen LogP) is 1.37. The molecule has 1 atom stereocenters. The molecule has 0 aromatic rings. The second kappa shape index (κ2) is 3.74. The Kier molecular flexibility index (Phi) is 2.90. The van der Waals surface area contributed by atoms with Crippen molar-refractivity contribution in [3.63, 3.8) is 0 Å². The van der Waals surface area contributed by atoms with Gasteiger partial charge in [-0.15, -0.1) is 0 Å². The van der Waals surface area contributed by atoms with Gasteiger partial charge in [0.2, 0.25) is 0 Å². The van der Waals surface area contributed by atoms with Crippen molar-refractivity contribution in [2.45, 2.75) is 20.0 Å². The van der Waals surface area contributed by atoms with E-state index >= 15 is 0 Å². The third-order valence-corrected chi connectivity index (χ3v) is 1.49. The summed E-state index contributed by atoms with van der Waals surface area (Å²) in [7, 11) is 0. The van der Waals surface area contributed by atoms with Crippen molar-refractivity contribution in [3.05, 3.63) is 11.6 Å². The fourth-order valence-corrected chi connectivity index (χ4v) is 0.990. The normalized spacial score (nSPS) is 25.0. The molecule has 0 bridgehead atoms. The molecule has 0 aliphatic carbocycles. The van der Waals surface area contributed by atoms with Gasteiger partial charge in [-0.1, -0.05) is 6.08 Å². The standard InChI is InChI=1S/C8H14O2/c1-3-9-5-8-4-7(2)10-6-8/h4,7H,3,5-6H2,1-2H3. The summed E-state index contributed by atoms with van der Waals surface area (Å²) in [6.07, 6.45) is 2.41. The third kappa shape index (κ3) is 2.12. The highest BCUT2D eigenvalue weighted by Crippen LogP contribution is 2.10. The Bertz CT molecular complexity index is 129. The lowest BCUT2D eigenvalue weighted by Gasteiger charge is -1.99. The van der Waals surface area contributed by atoms with Gasteiger partial charge in [-0.2, -0.15) is 0 Å². The Hall–Kier alpha value is -0.340. The first-order valence-electron chi connectivity index (χ1n) is 3.72. The van der Waals surface area contributed by atoms with E-state index in [1.165, 1.54) is 5.57 Å². The number of hydrogen-bond donors (Lipinski definition) is 0. The zero-order valence-corrected chi connectivity index (χ0v) is 6.59. The minimum atomic E-state index is 0.287. The van der Waals surface area contributed by atoms with Gasteiger partial charge in [0.1, 0.15) is 0 Å². The largest absolute Gasteiger partial charge is 0.377 e. The summed E-state index contributed by atoms with van der Waals surface area (Å²) in [5.74, 6) is 0. The van der Waals surface area contributed by atoms with Gasteiger partial charge >= 0.3 is 0 Å². The number of rotatable bonds is 3. The Morgan fingerprint density at radius 2 is 2.60 bits per heavy atom. The van der Waals surface area contributed by atoms with Crippen LogP contribution in [0, 0.1) is 0 Å². The van der Waals surface area contributed by atoms with Crippen LogP contribution in [0.15, 0.2) is 11.6 Å². The van der Waals surface area contributed by atoms with Crippen LogP contribution in [0.5, 0.6) is 0 Å². The van der Waals surface area contributed by atoms with Gasteiger partial charge in [0.15, 0.2) is 0 Å². The summed E-state index contributed by atoms with van der Waals surface area (Å²) in [6, 6.07) is 0. The molecule has 0 saturated carbocycles. The van der Waals surface area contributed by atoms with Crippen LogP contribution in [0.4, 0.5) is 0 Å². The van der Waals surface area contributed by atoms with Gasteiger partial charge in [0.05, 0.1) is 19.3 Å². The molecule has 1 rings (SSSR count). The lowest BCUT2D eigenvalue weighted by Crippen LogP contribution is -1.99. The van der Waals surface area contributed by atoms with Crippen LogP contribution in [0.1, 0.15) is 13.8 Å². The molecule has 2 heteroatoms. The summed E-state index contributed by atoms with van der Waals surface area (Å²) in [5.41, 5.74) is 1.27. The first-order valence-corrected chi connectivity index (χ1v) is 3.72. The minimum absolute atomic E-state index is 0.287. The summed E-state index contributed by atoms with van der Waals surface area (Å²) >= 11 is 0. The zero-order valence-electron chi connectivity index (χ0n) is 6.59. The van der Waals surface area contributed by atoms with Gasteiger partial charge < -0.3 is 9.47 Å². The van der Waals surface area contributed by atoms with Crippen LogP contribution >= 0.6 is 0 Å². The van der Waals surface area contributed by atoms with E-state index < -0.39 is 0 Å². The van der Waals surface area contributed by atoms with Gasteiger partial charge in [-0.25, -0.2) is 0 Å². The van der Waals surface area contributed by atoms with Crippen LogP contribution < -0.4 is 0 Å². The molecule has 1 heterocycles. The van der Waals surface area contributed by atoms with Gasteiger partial charge in [-0.05, 0) is 19.4 Å². The fraction of sp³-hybridized carbons (Fsp3) is 0.750. The van der Waals surface area contributed by atoms with Crippen LogP contribution in [-0.4, -0.2) is 25.9 Å². The molecule has 1 aliphatic heterocycles. The molecule has 2 nitrogen and oxygen atoms in total. The molecule has 10 heavy (non-hydrogen) atoms. The van der Waals surface area contributed by atoms with E-state index in [-0.39, 0.29) is 6.10 Å². The van der Waals surface area contributed by atoms with E-state index in [1.807, 2.05) is 13.8 Å². The summed E-state index contributed by atoms with van der Waals surface area (Å²) in [5, 5.41) is 0. The second-order valence-electron chi connectivity index (χ2n) is 2.48. The van der Waals surface area contributed by atoms with Gasteiger partial charge in [0, 0.05) is 6.61 Å². The zero-order chi connectivity index (χ0) is 7.40. The van der Waals surface area contributed by atoms with Crippen molar-refractivity contribution in [3.8, 4) is 0 Å². The quantitative estimate of drug-likeness (QED) is 0.554.